The van der Waals surface area contributed by atoms with Crippen molar-refractivity contribution in [1.82, 2.24) is 5.32 Å². The minimum atomic E-state index is -0.617. The zero-order valence-corrected chi connectivity index (χ0v) is 13.5. The van der Waals surface area contributed by atoms with Gasteiger partial charge in [0, 0.05) is 23.4 Å². The number of halogens is 2. The first-order valence-corrected chi connectivity index (χ1v) is 8.13. The highest BCUT2D eigenvalue weighted by Crippen LogP contribution is 2.24. The Morgan fingerprint density at radius 2 is 1.92 bits per heavy atom. The maximum Gasteiger partial charge on any atom is 0.238 e. The normalized spacial score (nSPS) is 14.3. The zero-order chi connectivity index (χ0) is 17.1. The van der Waals surface area contributed by atoms with Gasteiger partial charge in [0.15, 0.2) is 0 Å². The van der Waals surface area contributed by atoms with E-state index in [2.05, 4.69) is 16.7 Å². The molecule has 0 radical (unpaired) electrons. The summed E-state index contributed by atoms with van der Waals surface area (Å²) in [5.74, 6) is -1.42. The molecule has 0 spiro atoms. The number of benzene rings is 2. The second-order valence-electron chi connectivity index (χ2n) is 6.15. The predicted octanol–water partition coefficient (Wildman–Crippen LogP) is 3.74. The van der Waals surface area contributed by atoms with Crippen LogP contribution in [0.3, 0.4) is 0 Å². The SMILES string of the molecule is C[C@@H](NCC(=O)Nc1ccc2c(c1)CCC2)c1ccc(F)cc1F. The third-order valence-electron chi connectivity index (χ3n) is 4.38. The van der Waals surface area contributed by atoms with Crippen molar-refractivity contribution >= 4 is 11.6 Å². The highest BCUT2D eigenvalue weighted by atomic mass is 19.1. The largest absolute Gasteiger partial charge is 0.325 e. The van der Waals surface area contributed by atoms with E-state index in [4.69, 9.17) is 0 Å². The van der Waals surface area contributed by atoms with Gasteiger partial charge in [0.1, 0.15) is 11.6 Å². The van der Waals surface area contributed by atoms with E-state index in [0.29, 0.717) is 5.56 Å². The highest BCUT2D eigenvalue weighted by molar-refractivity contribution is 5.92. The molecule has 0 heterocycles. The molecule has 0 saturated carbocycles. The zero-order valence-electron chi connectivity index (χ0n) is 13.5. The Hall–Kier alpha value is -2.27. The molecule has 1 aliphatic rings. The smallest absolute Gasteiger partial charge is 0.238 e. The maximum atomic E-state index is 13.7. The lowest BCUT2D eigenvalue weighted by Crippen LogP contribution is -2.30. The number of rotatable bonds is 5. The molecule has 0 aromatic heterocycles. The summed E-state index contributed by atoms with van der Waals surface area (Å²) in [5.41, 5.74) is 3.76. The van der Waals surface area contributed by atoms with E-state index in [-0.39, 0.29) is 12.5 Å². The molecule has 3 nitrogen and oxygen atoms in total. The minimum absolute atomic E-state index is 0.0507. The topological polar surface area (TPSA) is 41.1 Å². The van der Waals surface area contributed by atoms with Gasteiger partial charge in [0.25, 0.3) is 0 Å². The van der Waals surface area contributed by atoms with Crippen LogP contribution in [0.1, 0.15) is 36.1 Å². The van der Waals surface area contributed by atoms with Crippen LogP contribution in [-0.4, -0.2) is 12.5 Å². The fraction of sp³-hybridized carbons (Fsp3) is 0.316. The highest BCUT2D eigenvalue weighted by Gasteiger charge is 2.14. The van der Waals surface area contributed by atoms with Gasteiger partial charge in [-0.05, 0) is 55.5 Å². The van der Waals surface area contributed by atoms with Crippen molar-refractivity contribution in [3.8, 4) is 0 Å². The molecule has 3 rings (SSSR count). The molecule has 5 heteroatoms. The van der Waals surface area contributed by atoms with Gasteiger partial charge in [-0.15, -0.1) is 0 Å². The summed E-state index contributed by atoms with van der Waals surface area (Å²) in [6.45, 7) is 1.79. The summed E-state index contributed by atoms with van der Waals surface area (Å²) in [4.78, 5) is 12.1. The summed E-state index contributed by atoms with van der Waals surface area (Å²) in [7, 11) is 0. The van der Waals surface area contributed by atoms with Crippen LogP contribution in [0, 0.1) is 11.6 Å². The van der Waals surface area contributed by atoms with E-state index in [0.717, 1.165) is 31.0 Å². The summed E-state index contributed by atoms with van der Waals surface area (Å²) >= 11 is 0. The molecule has 2 aromatic carbocycles. The Morgan fingerprint density at radius 3 is 2.71 bits per heavy atom. The van der Waals surface area contributed by atoms with E-state index in [1.165, 1.54) is 23.3 Å². The van der Waals surface area contributed by atoms with Crippen molar-refractivity contribution in [2.45, 2.75) is 32.2 Å². The van der Waals surface area contributed by atoms with E-state index < -0.39 is 17.7 Å². The van der Waals surface area contributed by atoms with Crippen LogP contribution in [-0.2, 0) is 17.6 Å². The standard InChI is InChI=1S/C19H20F2N2O/c1-12(17-8-6-15(20)10-18(17)21)22-11-19(24)23-16-7-5-13-3-2-4-14(13)9-16/h5-10,12,22H,2-4,11H2,1H3,(H,23,24)/t12-/m1/s1. The number of carbonyl (C=O) groups is 1. The number of fused-ring (bicyclic) bond motifs is 1. The first-order valence-electron chi connectivity index (χ1n) is 8.13. The van der Waals surface area contributed by atoms with Crippen molar-refractivity contribution in [1.29, 1.82) is 0 Å². The third-order valence-corrected chi connectivity index (χ3v) is 4.38. The predicted molar refractivity (Wildman–Crippen MR) is 89.9 cm³/mol. The Labute approximate surface area is 140 Å². The Bertz CT molecular complexity index is 761. The van der Waals surface area contributed by atoms with E-state index in [1.807, 2.05) is 12.1 Å². The lowest BCUT2D eigenvalue weighted by Gasteiger charge is -2.15. The van der Waals surface area contributed by atoms with E-state index >= 15 is 0 Å². The van der Waals surface area contributed by atoms with Gasteiger partial charge in [-0.2, -0.15) is 0 Å². The molecular weight excluding hydrogens is 310 g/mol. The molecule has 2 N–H and O–H groups in total. The number of nitrogens with one attached hydrogen (secondary N) is 2. The van der Waals surface area contributed by atoms with Gasteiger partial charge < -0.3 is 10.6 Å². The van der Waals surface area contributed by atoms with Crippen LogP contribution < -0.4 is 10.6 Å². The number of carbonyl (C=O) groups excluding carboxylic acids is 1. The number of aryl methyl sites for hydroxylation is 2. The first-order chi connectivity index (χ1) is 11.5. The molecule has 1 atom stereocenters. The third kappa shape index (κ3) is 3.79. The average molecular weight is 330 g/mol. The fourth-order valence-corrected chi connectivity index (χ4v) is 3.06. The Balaban J connectivity index is 1.55. The fourth-order valence-electron chi connectivity index (χ4n) is 3.06. The molecule has 24 heavy (non-hydrogen) atoms. The van der Waals surface area contributed by atoms with E-state index in [1.54, 1.807) is 6.92 Å². The summed E-state index contributed by atoms with van der Waals surface area (Å²) in [6.07, 6.45) is 3.32. The molecule has 1 amide bonds. The number of amides is 1. The molecule has 0 saturated heterocycles. The molecule has 0 bridgehead atoms. The molecule has 0 fully saturated rings. The minimum Gasteiger partial charge on any atom is -0.325 e. The second kappa shape index (κ2) is 7.09. The van der Waals surface area contributed by atoms with Crippen LogP contribution in [0.2, 0.25) is 0 Å². The van der Waals surface area contributed by atoms with Crippen LogP contribution >= 0.6 is 0 Å². The Kier molecular flexibility index (Phi) is 4.90. The van der Waals surface area contributed by atoms with Gasteiger partial charge in [0.05, 0.1) is 6.54 Å². The van der Waals surface area contributed by atoms with Crippen LogP contribution in [0.25, 0.3) is 0 Å². The molecule has 0 unspecified atom stereocenters. The molecule has 2 aromatic rings. The first kappa shape index (κ1) is 16.6. The molecule has 126 valence electrons. The van der Waals surface area contributed by atoms with Gasteiger partial charge in [-0.3, -0.25) is 4.79 Å². The monoisotopic (exact) mass is 330 g/mol. The summed E-state index contributed by atoms with van der Waals surface area (Å²) < 4.78 is 26.7. The van der Waals surface area contributed by atoms with Crippen molar-refractivity contribution in [2.24, 2.45) is 0 Å². The number of anilines is 1. The molecule has 0 aliphatic heterocycles. The molecule has 1 aliphatic carbocycles. The van der Waals surface area contributed by atoms with Crippen LogP contribution in [0.15, 0.2) is 36.4 Å². The van der Waals surface area contributed by atoms with Gasteiger partial charge in [0.2, 0.25) is 5.91 Å². The van der Waals surface area contributed by atoms with Gasteiger partial charge in [-0.1, -0.05) is 12.1 Å². The van der Waals surface area contributed by atoms with E-state index in [9.17, 15) is 13.6 Å². The van der Waals surface area contributed by atoms with Gasteiger partial charge in [-0.25, -0.2) is 8.78 Å². The van der Waals surface area contributed by atoms with Crippen LogP contribution in [0.5, 0.6) is 0 Å². The number of hydrogen-bond donors (Lipinski definition) is 2. The average Bonchev–Trinajstić information content (AvgIpc) is 3.00. The lowest BCUT2D eigenvalue weighted by molar-refractivity contribution is -0.115. The maximum absolute atomic E-state index is 13.7. The van der Waals surface area contributed by atoms with Crippen molar-refractivity contribution < 1.29 is 13.6 Å². The van der Waals surface area contributed by atoms with Crippen molar-refractivity contribution in [3.63, 3.8) is 0 Å². The lowest BCUT2D eigenvalue weighted by atomic mass is 10.1. The summed E-state index contributed by atoms with van der Waals surface area (Å²) in [5, 5.41) is 5.80. The quantitative estimate of drug-likeness (QED) is 0.877. The summed E-state index contributed by atoms with van der Waals surface area (Å²) in [6, 6.07) is 9.03. The molecular formula is C19H20F2N2O. The van der Waals surface area contributed by atoms with Crippen molar-refractivity contribution in [3.05, 3.63) is 64.7 Å². The van der Waals surface area contributed by atoms with Crippen LogP contribution in [0.4, 0.5) is 14.5 Å². The Morgan fingerprint density at radius 1 is 1.12 bits per heavy atom. The van der Waals surface area contributed by atoms with Crippen molar-refractivity contribution in [2.75, 3.05) is 11.9 Å². The second-order valence-corrected chi connectivity index (χ2v) is 6.15. The number of hydrogen-bond acceptors (Lipinski definition) is 2. The van der Waals surface area contributed by atoms with Gasteiger partial charge >= 0.3 is 0 Å².